The van der Waals surface area contributed by atoms with E-state index in [2.05, 4.69) is 12.2 Å². The minimum absolute atomic E-state index is 0.298. The molecule has 0 heterocycles. The SMILES string of the molecule is C[C@@H](NC(C(=O)O)C1CC1)C1CCCCCC1. The van der Waals surface area contributed by atoms with Crippen LogP contribution in [0, 0.1) is 11.8 Å². The summed E-state index contributed by atoms with van der Waals surface area (Å²) in [5, 5.41) is 12.6. The maximum absolute atomic E-state index is 11.2. The van der Waals surface area contributed by atoms with E-state index in [0.717, 1.165) is 12.8 Å². The summed E-state index contributed by atoms with van der Waals surface area (Å²) in [7, 11) is 0. The molecule has 0 aliphatic heterocycles. The second kappa shape index (κ2) is 5.85. The van der Waals surface area contributed by atoms with Crippen molar-refractivity contribution in [3.63, 3.8) is 0 Å². The largest absolute Gasteiger partial charge is 0.480 e. The second-order valence-corrected chi connectivity index (χ2v) is 5.86. The van der Waals surface area contributed by atoms with E-state index in [1.54, 1.807) is 0 Å². The van der Waals surface area contributed by atoms with Crippen LogP contribution in [0.5, 0.6) is 0 Å². The van der Waals surface area contributed by atoms with Crippen molar-refractivity contribution in [2.75, 3.05) is 0 Å². The molecule has 0 spiro atoms. The first-order valence-corrected chi connectivity index (χ1v) is 7.17. The molecule has 0 saturated heterocycles. The Balaban J connectivity index is 1.85. The second-order valence-electron chi connectivity index (χ2n) is 5.86. The van der Waals surface area contributed by atoms with E-state index >= 15 is 0 Å². The van der Waals surface area contributed by atoms with Crippen LogP contribution in [0.4, 0.5) is 0 Å². The zero-order chi connectivity index (χ0) is 12.3. The van der Waals surface area contributed by atoms with Gasteiger partial charge in [0.25, 0.3) is 0 Å². The van der Waals surface area contributed by atoms with E-state index in [4.69, 9.17) is 0 Å². The van der Waals surface area contributed by atoms with Crippen molar-refractivity contribution >= 4 is 5.97 Å². The van der Waals surface area contributed by atoms with Crippen LogP contribution in [0.25, 0.3) is 0 Å². The zero-order valence-electron chi connectivity index (χ0n) is 10.8. The summed E-state index contributed by atoms with van der Waals surface area (Å²) in [5.74, 6) is 0.409. The average molecular weight is 239 g/mol. The Morgan fingerprint density at radius 2 is 1.65 bits per heavy atom. The van der Waals surface area contributed by atoms with Gasteiger partial charge in [-0.2, -0.15) is 0 Å². The van der Waals surface area contributed by atoms with Gasteiger partial charge in [-0.15, -0.1) is 0 Å². The number of carboxylic acid groups (broad SMARTS) is 1. The minimum Gasteiger partial charge on any atom is -0.480 e. The molecule has 0 aromatic rings. The van der Waals surface area contributed by atoms with Crippen LogP contribution in [0.2, 0.25) is 0 Å². The molecule has 2 aliphatic carbocycles. The Morgan fingerprint density at radius 1 is 1.06 bits per heavy atom. The lowest BCUT2D eigenvalue weighted by molar-refractivity contribution is -0.140. The molecule has 2 saturated carbocycles. The van der Waals surface area contributed by atoms with E-state index in [-0.39, 0.29) is 6.04 Å². The van der Waals surface area contributed by atoms with Crippen molar-refractivity contribution in [3.8, 4) is 0 Å². The Kier molecular flexibility index (Phi) is 4.43. The van der Waals surface area contributed by atoms with Gasteiger partial charge in [0.1, 0.15) is 6.04 Å². The summed E-state index contributed by atoms with van der Waals surface area (Å²) >= 11 is 0. The third-order valence-electron chi connectivity index (χ3n) is 4.41. The molecule has 0 aromatic carbocycles. The van der Waals surface area contributed by atoms with Crippen LogP contribution in [0.3, 0.4) is 0 Å². The maximum atomic E-state index is 11.2. The Hall–Kier alpha value is -0.570. The van der Waals surface area contributed by atoms with Gasteiger partial charge in [0.05, 0.1) is 0 Å². The van der Waals surface area contributed by atoms with Crippen LogP contribution < -0.4 is 5.32 Å². The fourth-order valence-electron chi connectivity index (χ4n) is 3.07. The molecule has 17 heavy (non-hydrogen) atoms. The standard InChI is InChI=1S/C14H25NO2/c1-10(11-6-4-2-3-5-7-11)15-13(14(16)17)12-8-9-12/h10-13,15H,2-9H2,1H3,(H,16,17)/t10-,13?/m1/s1. The molecule has 2 fully saturated rings. The molecule has 1 unspecified atom stereocenters. The zero-order valence-corrected chi connectivity index (χ0v) is 10.8. The number of rotatable bonds is 5. The van der Waals surface area contributed by atoms with Crippen molar-refractivity contribution in [2.24, 2.45) is 11.8 Å². The molecule has 2 aliphatic rings. The molecular weight excluding hydrogens is 214 g/mol. The lowest BCUT2D eigenvalue weighted by Gasteiger charge is -2.27. The van der Waals surface area contributed by atoms with E-state index in [9.17, 15) is 9.90 Å². The first-order valence-electron chi connectivity index (χ1n) is 7.17. The lowest BCUT2D eigenvalue weighted by Crippen LogP contribution is -2.46. The van der Waals surface area contributed by atoms with Crippen molar-refractivity contribution in [3.05, 3.63) is 0 Å². The highest BCUT2D eigenvalue weighted by atomic mass is 16.4. The van der Waals surface area contributed by atoms with Gasteiger partial charge >= 0.3 is 5.97 Å². The molecular formula is C14H25NO2. The predicted molar refractivity (Wildman–Crippen MR) is 67.9 cm³/mol. The normalized spacial score (nSPS) is 26.2. The highest BCUT2D eigenvalue weighted by molar-refractivity contribution is 5.74. The summed E-state index contributed by atoms with van der Waals surface area (Å²) in [6.45, 7) is 2.17. The number of aliphatic carboxylic acids is 1. The lowest BCUT2D eigenvalue weighted by atomic mass is 9.92. The quantitative estimate of drug-likeness (QED) is 0.725. The summed E-state index contributed by atoms with van der Waals surface area (Å²) in [4.78, 5) is 11.2. The molecule has 0 radical (unpaired) electrons. The van der Waals surface area contributed by atoms with Crippen molar-refractivity contribution < 1.29 is 9.90 Å². The maximum Gasteiger partial charge on any atom is 0.320 e. The number of hydrogen-bond donors (Lipinski definition) is 2. The predicted octanol–water partition coefficient (Wildman–Crippen LogP) is 2.80. The highest BCUT2D eigenvalue weighted by Crippen LogP contribution is 2.34. The summed E-state index contributed by atoms with van der Waals surface area (Å²) < 4.78 is 0. The molecule has 3 nitrogen and oxygen atoms in total. The van der Waals surface area contributed by atoms with Gasteiger partial charge in [-0.05, 0) is 44.4 Å². The smallest absolute Gasteiger partial charge is 0.320 e. The van der Waals surface area contributed by atoms with Crippen LogP contribution >= 0.6 is 0 Å². The van der Waals surface area contributed by atoms with Crippen LogP contribution in [-0.2, 0) is 4.79 Å². The minimum atomic E-state index is -0.659. The van der Waals surface area contributed by atoms with E-state index < -0.39 is 5.97 Å². The number of nitrogens with one attached hydrogen (secondary N) is 1. The number of carbonyl (C=O) groups is 1. The average Bonchev–Trinajstić information content (AvgIpc) is 3.11. The first-order chi connectivity index (χ1) is 8.18. The topological polar surface area (TPSA) is 49.3 Å². The first kappa shape index (κ1) is 12.9. The van der Waals surface area contributed by atoms with E-state index in [1.807, 2.05) is 0 Å². The van der Waals surface area contributed by atoms with Crippen molar-refractivity contribution in [2.45, 2.75) is 70.4 Å². The molecule has 98 valence electrons. The fraction of sp³-hybridized carbons (Fsp3) is 0.929. The molecule has 2 atom stereocenters. The van der Waals surface area contributed by atoms with Gasteiger partial charge in [0, 0.05) is 6.04 Å². The van der Waals surface area contributed by atoms with Gasteiger partial charge < -0.3 is 10.4 Å². The Morgan fingerprint density at radius 3 is 2.12 bits per heavy atom. The van der Waals surface area contributed by atoms with Crippen LogP contribution in [0.15, 0.2) is 0 Å². The van der Waals surface area contributed by atoms with Gasteiger partial charge in [-0.3, -0.25) is 4.79 Å². The Labute approximate surface area is 104 Å². The monoisotopic (exact) mass is 239 g/mol. The highest BCUT2D eigenvalue weighted by Gasteiger charge is 2.37. The molecule has 2 rings (SSSR count). The number of hydrogen-bond acceptors (Lipinski definition) is 2. The summed E-state index contributed by atoms with van der Waals surface area (Å²) in [6.07, 6.45) is 10.1. The third-order valence-corrected chi connectivity index (χ3v) is 4.41. The third kappa shape index (κ3) is 3.70. The number of carboxylic acids is 1. The molecule has 0 amide bonds. The van der Waals surface area contributed by atoms with E-state index in [0.29, 0.717) is 17.9 Å². The van der Waals surface area contributed by atoms with Gasteiger partial charge in [-0.25, -0.2) is 0 Å². The molecule has 0 aromatic heterocycles. The molecule has 3 heteroatoms. The van der Waals surface area contributed by atoms with E-state index in [1.165, 1.54) is 38.5 Å². The molecule has 2 N–H and O–H groups in total. The Bertz CT molecular complexity index is 255. The van der Waals surface area contributed by atoms with Gasteiger partial charge in [0.2, 0.25) is 0 Å². The van der Waals surface area contributed by atoms with Crippen molar-refractivity contribution in [1.82, 2.24) is 5.32 Å². The fourth-order valence-corrected chi connectivity index (χ4v) is 3.07. The van der Waals surface area contributed by atoms with Gasteiger partial charge in [-0.1, -0.05) is 25.7 Å². The molecule has 0 bridgehead atoms. The summed E-state index contributed by atoms with van der Waals surface area (Å²) in [6, 6.07) is 0.0584. The van der Waals surface area contributed by atoms with Crippen LogP contribution in [0.1, 0.15) is 58.3 Å². The summed E-state index contributed by atoms with van der Waals surface area (Å²) in [5.41, 5.74) is 0. The van der Waals surface area contributed by atoms with Crippen molar-refractivity contribution in [1.29, 1.82) is 0 Å². The van der Waals surface area contributed by atoms with Gasteiger partial charge in [0.15, 0.2) is 0 Å². The van der Waals surface area contributed by atoms with Crippen LogP contribution in [-0.4, -0.2) is 23.2 Å².